The second kappa shape index (κ2) is 7.41. The zero-order valence-corrected chi connectivity index (χ0v) is 12.7. The van der Waals surface area contributed by atoms with Gasteiger partial charge in [0.2, 0.25) is 0 Å². The molecule has 112 valence electrons. The van der Waals surface area contributed by atoms with Crippen LogP contribution in [0.25, 0.3) is 0 Å². The van der Waals surface area contributed by atoms with E-state index >= 15 is 0 Å². The van der Waals surface area contributed by atoms with Crippen molar-refractivity contribution >= 4 is 12.4 Å². The first kappa shape index (κ1) is 15.8. The van der Waals surface area contributed by atoms with Crippen LogP contribution in [-0.2, 0) is 4.74 Å². The third kappa shape index (κ3) is 3.73. The molecule has 1 aromatic carbocycles. The molecule has 2 heterocycles. The Bertz CT molecular complexity index is 395. The molecule has 1 unspecified atom stereocenters. The van der Waals surface area contributed by atoms with E-state index in [1.807, 2.05) is 0 Å². The minimum absolute atomic E-state index is 0. The summed E-state index contributed by atoms with van der Waals surface area (Å²) in [6, 6.07) is 11.0. The van der Waals surface area contributed by atoms with Gasteiger partial charge < -0.3 is 15.4 Å². The maximum atomic E-state index is 6.32. The predicted octanol–water partition coefficient (Wildman–Crippen LogP) is 2.26. The number of ether oxygens (including phenoxy) is 1. The van der Waals surface area contributed by atoms with Crippen molar-refractivity contribution < 1.29 is 4.74 Å². The Kier molecular flexibility index (Phi) is 5.85. The van der Waals surface area contributed by atoms with E-state index in [0.29, 0.717) is 5.92 Å². The number of likely N-dealkylation sites (tertiary alicyclic amines) is 1. The molecule has 2 aliphatic heterocycles. The largest absolute Gasteiger partial charge is 0.381 e. The van der Waals surface area contributed by atoms with E-state index in [9.17, 15) is 0 Å². The van der Waals surface area contributed by atoms with Crippen LogP contribution < -0.4 is 5.73 Å². The zero-order chi connectivity index (χ0) is 13.1. The monoisotopic (exact) mass is 296 g/mol. The third-order valence-electron chi connectivity index (χ3n) is 4.55. The van der Waals surface area contributed by atoms with E-state index in [2.05, 4.69) is 35.2 Å². The van der Waals surface area contributed by atoms with E-state index in [1.165, 1.54) is 24.9 Å². The van der Waals surface area contributed by atoms with Crippen LogP contribution >= 0.6 is 12.4 Å². The highest BCUT2D eigenvalue weighted by Crippen LogP contribution is 2.27. The maximum absolute atomic E-state index is 6.32. The number of hydrogen-bond donors (Lipinski definition) is 1. The number of benzene rings is 1. The topological polar surface area (TPSA) is 38.5 Å². The average Bonchev–Trinajstić information content (AvgIpc) is 3.07. The molecule has 0 amide bonds. The Labute approximate surface area is 127 Å². The van der Waals surface area contributed by atoms with Gasteiger partial charge in [0.05, 0.1) is 0 Å². The second-order valence-electron chi connectivity index (χ2n) is 5.96. The van der Waals surface area contributed by atoms with Crippen molar-refractivity contribution in [3.63, 3.8) is 0 Å². The fraction of sp³-hybridized carbons (Fsp3) is 0.625. The van der Waals surface area contributed by atoms with E-state index in [1.54, 1.807) is 0 Å². The number of nitrogens with zero attached hydrogens (tertiary/aromatic N) is 1. The third-order valence-corrected chi connectivity index (χ3v) is 4.55. The van der Waals surface area contributed by atoms with E-state index in [0.717, 1.165) is 32.2 Å². The number of nitrogens with two attached hydrogens (primary N) is 1. The molecule has 0 spiro atoms. The fourth-order valence-corrected chi connectivity index (χ4v) is 3.33. The highest BCUT2D eigenvalue weighted by atomic mass is 35.5. The van der Waals surface area contributed by atoms with Gasteiger partial charge in [-0.05, 0) is 30.9 Å². The molecule has 2 N–H and O–H groups in total. The van der Waals surface area contributed by atoms with Crippen molar-refractivity contribution in [3.05, 3.63) is 35.9 Å². The van der Waals surface area contributed by atoms with Gasteiger partial charge in [-0.2, -0.15) is 0 Å². The molecule has 0 aliphatic carbocycles. The molecular weight excluding hydrogens is 272 g/mol. The Hall–Kier alpha value is -0.610. The van der Waals surface area contributed by atoms with Gasteiger partial charge in [-0.25, -0.2) is 0 Å². The van der Waals surface area contributed by atoms with Crippen LogP contribution in [-0.4, -0.2) is 43.8 Å². The number of rotatable bonds is 4. The van der Waals surface area contributed by atoms with Crippen LogP contribution in [0.15, 0.2) is 30.3 Å². The summed E-state index contributed by atoms with van der Waals surface area (Å²) in [5.74, 6) is 1.27. The van der Waals surface area contributed by atoms with Crippen LogP contribution in [0.4, 0.5) is 0 Å². The normalized spacial score (nSPS) is 30.4. The summed E-state index contributed by atoms with van der Waals surface area (Å²) in [6.45, 7) is 5.23. The molecule has 3 rings (SSSR count). The van der Waals surface area contributed by atoms with Crippen LogP contribution in [0, 0.1) is 5.92 Å². The maximum Gasteiger partial charge on any atom is 0.0495 e. The molecule has 2 saturated heterocycles. The molecule has 1 aromatic rings. The number of hydrogen-bond acceptors (Lipinski definition) is 3. The summed E-state index contributed by atoms with van der Waals surface area (Å²) in [5, 5.41) is 0. The van der Waals surface area contributed by atoms with E-state index < -0.39 is 0 Å². The lowest BCUT2D eigenvalue weighted by Gasteiger charge is -2.17. The van der Waals surface area contributed by atoms with Gasteiger partial charge in [-0.3, -0.25) is 0 Å². The molecule has 20 heavy (non-hydrogen) atoms. The minimum atomic E-state index is 0. The standard InChI is InChI=1S/C16H24N2O.ClH/c17-16-11-18(8-6-13-7-9-19-12-13)10-15(16)14-4-2-1-3-5-14;/h1-5,13,15-16H,6-12,17H2;1H/t13?,15-,16+;/m0./s1. The van der Waals surface area contributed by atoms with Gasteiger partial charge in [-0.15, -0.1) is 12.4 Å². The average molecular weight is 297 g/mol. The van der Waals surface area contributed by atoms with Crippen LogP contribution in [0.1, 0.15) is 24.3 Å². The Balaban J connectivity index is 0.00000147. The van der Waals surface area contributed by atoms with Gasteiger partial charge in [0.25, 0.3) is 0 Å². The molecule has 0 saturated carbocycles. The minimum Gasteiger partial charge on any atom is -0.381 e. The molecule has 3 atom stereocenters. The summed E-state index contributed by atoms with van der Waals surface area (Å²) in [6.07, 6.45) is 2.50. The van der Waals surface area contributed by atoms with Crippen molar-refractivity contribution in [2.45, 2.75) is 24.8 Å². The molecular formula is C16H25ClN2O. The first-order valence-corrected chi connectivity index (χ1v) is 7.43. The first-order chi connectivity index (χ1) is 9.33. The second-order valence-corrected chi connectivity index (χ2v) is 5.96. The summed E-state index contributed by atoms with van der Waals surface area (Å²) in [7, 11) is 0. The zero-order valence-electron chi connectivity index (χ0n) is 11.9. The summed E-state index contributed by atoms with van der Waals surface area (Å²) >= 11 is 0. The molecule has 0 radical (unpaired) electrons. The molecule has 4 heteroatoms. The van der Waals surface area contributed by atoms with E-state index in [-0.39, 0.29) is 18.4 Å². The lowest BCUT2D eigenvalue weighted by Crippen LogP contribution is -2.29. The van der Waals surface area contributed by atoms with Crippen LogP contribution in [0.2, 0.25) is 0 Å². The summed E-state index contributed by atoms with van der Waals surface area (Å²) < 4.78 is 5.44. The first-order valence-electron chi connectivity index (χ1n) is 7.43. The molecule has 3 nitrogen and oxygen atoms in total. The predicted molar refractivity (Wildman–Crippen MR) is 84.4 cm³/mol. The van der Waals surface area contributed by atoms with Gasteiger partial charge in [0, 0.05) is 38.3 Å². The van der Waals surface area contributed by atoms with Crippen LogP contribution in [0.5, 0.6) is 0 Å². The van der Waals surface area contributed by atoms with Gasteiger partial charge in [-0.1, -0.05) is 30.3 Å². The van der Waals surface area contributed by atoms with Crippen molar-refractivity contribution in [2.75, 3.05) is 32.8 Å². The SMILES string of the molecule is Cl.N[C@@H]1CN(CCC2CCOC2)C[C@H]1c1ccccc1. The summed E-state index contributed by atoms with van der Waals surface area (Å²) in [4.78, 5) is 2.53. The van der Waals surface area contributed by atoms with Crippen molar-refractivity contribution in [3.8, 4) is 0 Å². The molecule has 0 bridgehead atoms. The Morgan fingerprint density at radius 2 is 2.00 bits per heavy atom. The Morgan fingerprint density at radius 3 is 2.70 bits per heavy atom. The van der Waals surface area contributed by atoms with Crippen molar-refractivity contribution in [2.24, 2.45) is 11.7 Å². The lowest BCUT2D eigenvalue weighted by atomic mass is 9.95. The van der Waals surface area contributed by atoms with Gasteiger partial charge in [0.1, 0.15) is 0 Å². The molecule has 2 aliphatic rings. The Morgan fingerprint density at radius 1 is 1.20 bits per heavy atom. The smallest absolute Gasteiger partial charge is 0.0495 e. The highest BCUT2D eigenvalue weighted by molar-refractivity contribution is 5.85. The van der Waals surface area contributed by atoms with Crippen LogP contribution in [0.3, 0.4) is 0 Å². The highest BCUT2D eigenvalue weighted by Gasteiger charge is 2.31. The molecule has 0 aromatic heterocycles. The van der Waals surface area contributed by atoms with Gasteiger partial charge in [0.15, 0.2) is 0 Å². The van der Waals surface area contributed by atoms with Gasteiger partial charge >= 0.3 is 0 Å². The van der Waals surface area contributed by atoms with Crippen molar-refractivity contribution in [1.82, 2.24) is 4.90 Å². The lowest BCUT2D eigenvalue weighted by molar-refractivity contribution is 0.180. The quantitative estimate of drug-likeness (QED) is 0.926. The molecule has 2 fully saturated rings. The van der Waals surface area contributed by atoms with E-state index in [4.69, 9.17) is 10.5 Å². The number of halogens is 1. The fourth-order valence-electron chi connectivity index (χ4n) is 3.33. The summed E-state index contributed by atoms with van der Waals surface area (Å²) in [5.41, 5.74) is 7.71. The van der Waals surface area contributed by atoms with Crippen molar-refractivity contribution in [1.29, 1.82) is 0 Å².